The highest BCUT2D eigenvalue weighted by Gasteiger charge is 2.27. The Morgan fingerprint density at radius 3 is 2.92 bits per heavy atom. The van der Waals surface area contributed by atoms with E-state index in [4.69, 9.17) is 10.5 Å². The number of benzene rings is 1. The fourth-order valence-corrected chi connectivity index (χ4v) is 3.09. The van der Waals surface area contributed by atoms with Gasteiger partial charge in [-0.3, -0.25) is 0 Å². The number of nitrogens with zero attached hydrogens (tertiary/aromatic N) is 2. The van der Waals surface area contributed by atoms with Gasteiger partial charge >= 0.3 is 6.09 Å². The summed E-state index contributed by atoms with van der Waals surface area (Å²) in [4.78, 5) is 12.8. The summed E-state index contributed by atoms with van der Waals surface area (Å²) >= 11 is -1.41. The van der Waals surface area contributed by atoms with Crippen LogP contribution in [0.4, 0.5) is 14.9 Å². The van der Waals surface area contributed by atoms with E-state index < -0.39 is 22.2 Å². The van der Waals surface area contributed by atoms with Gasteiger partial charge in [-0.15, -0.1) is 0 Å². The molecule has 1 aliphatic rings. The lowest BCUT2D eigenvalue weighted by atomic mass is 10.1. The van der Waals surface area contributed by atoms with Gasteiger partial charge in [0.05, 0.1) is 12.8 Å². The fraction of sp³-hybridized carbons (Fsp3) is 0.529. The fourth-order valence-electron chi connectivity index (χ4n) is 2.57. The number of carbonyl (C=O) groups excluding carboxylic acids is 1. The van der Waals surface area contributed by atoms with Gasteiger partial charge in [-0.05, 0) is 45.4 Å². The van der Waals surface area contributed by atoms with Gasteiger partial charge in [0.1, 0.15) is 21.9 Å². The quantitative estimate of drug-likeness (QED) is 0.638. The molecule has 0 spiro atoms. The van der Waals surface area contributed by atoms with Crippen LogP contribution < -0.4 is 10.6 Å². The Morgan fingerprint density at radius 1 is 1.56 bits per heavy atom. The van der Waals surface area contributed by atoms with E-state index in [-0.39, 0.29) is 18.3 Å². The molecule has 1 amide bonds. The van der Waals surface area contributed by atoms with Crippen molar-refractivity contribution in [2.45, 2.75) is 31.9 Å². The summed E-state index contributed by atoms with van der Waals surface area (Å²) in [7, 11) is 0. The molecular weight excluding hydrogens is 345 g/mol. The third-order valence-electron chi connectivity index (χ3n) is 3.89. The molecule has 8 heteroatoms. The molecule has 1 fully saturated rings. The number of halogens is 1. The van der Waals surface area contributed by atoms with Crippen LogP contribution >= 0.6 is 0 Å². The van der Waals surface area contributed by atoms with Gasteiger partial charge in [-0.25, -0.2) is 9.18 Å². The van der Waals surface area contributed by atoms with Gasteiger partial charge in [0.2, 0.25) is 0 Å². The zero-order valence-electron chi connectivity index (χ0n) is 14.7. The van der Waals surface area contributed by atoms with E-state index in [1.807, 2.05) is 20.8 Å². The Balaban J connectivity index is 2.14. The van der Waals surface area contributed by atoms with E-state index in [1.54, 1.807) is 6.07 Å². The molecule has 2 atom stereocenters. The average Bonchev–Trinajstić information content (AvgIpc) is 2.98. The van der Waals surface area contributed by atoms with Crippen LogP contribution in [-0.4, -0.2) is 41.3 Å². The molecule has 6 nitrogen and oxygen atoms in total. The zero-order chi connectivity index (χ0) is 18.6. The number of hydrogen-bond acceptors (Lipinski definition) is 5. The number of nitrogens with two attached hydrogens (primary N) is 1. The number of rotatable bonds is 5. The minimum absolute atomic E-state index is 0.172. The summed E-state index contributed by atoms with van der Waals surface area (Å²) in [6.07, 6.45) is 1.53. The SMILES string of the molecule is CC(C)(C)[S+]([O-])N=Cc1cc(F)ccc1N1CC[C@H](COC(N)=O)C1. The monoisotopic (exact) mass is 369 g/mol. The standard InChI is InChI=1S/C17H24FN3O3S/c1-17(2,3)25(23)20-9-13-8-14(18)4-5-15(13)21-7-6-12(10-21)11-24-16(19)22/h4-5,8-9,12H,6-7,10-11H2,1-3H3,(H2,19,22)/t12-,25?/m0/s1. The van der Waals surface area contributed by atoms with E-state index >= 15 is 0 Å². The topological polar surface area (TPSA) is 91.0 Å². The van der Waals surface area contributed by atoms with Gasteiger partial charge in [0.25, 0.3) is 0 Å². The Morgan fingerprint density at radius 2 is 2.28 bits per heavy atom. The molecule has 0 saturated carbocycles. The number of carbonyl (C=O) groups is 1. The van der Waals surface area contributed by atoms with Gasteiger partial charge in [-0.1, -0.05) is 4.40 Å². The third-order valence-corrected chi connectivity index (χ3v) is 5.23. The summed E-state index contributed by atoms with van der Waals surface area (Å²) in [5, 5.41) is 0. The highest BCUT2D eigenvalue weighted by Crippen LogP contribution is 2.28. The van der Waals surface area contributed by atoms with Crippen LogP contribution in [0.2, 0.25) is 0 Å². The van der Waals surface area contributed by atoms with Crippen molar-refractivity contribution in [2.24, 2.45) is 16.0 Å². The summed E-state index contributed by atoms with van der Waals surface area (Å²) in [5.41, 5.74) is 6.39. The predicted molar refractivity (Wildman–Crippen MR) is 97.7 cm³/mol. The Hall–Kier alpha value is -1.80. The molecule has 25 heavy (non-hydrogen) atoms. The molecule has 1 heterocycles. The lowest BCUT2D eigenvalue weighted by Gasteiger charge is -2.21. The summed E-state index contributed by atoms with van der Waals surface area (Å²) in [6, 6.07) is 4.46. The molecule has 1 aromatic rings. The number of hydrogen-bond donors (Lipinski definition) is 1. The highest BCUT2D eigenvalue weighted by atomic mass is 32.2. The second-order valence-corrected chi connectivity index (χ2v) is 8.96. The molecule has 2 rings (SSSR count). The van der Waals surface area contributed by atoms with Gasteiger partial charge < -0.3 is 19.9 Å². The van der Waals surface area contributed by atoms with Crippen LogP contribution in [-0.2, 0) is 16.1 Å². The second-order valence-electron chi connectivity index (χ2n) is 7.03. The van der Waals surface area contributed by atoms with Crippen molar-refractivity contribution in [1.82, 2.24) is 0 Å². The van der Waals surface area contributed by atoms with Crippen molar-refractivity contribution in [3.05, 3.63) is 29.6 Å². The summed E-state index contributed by atoms with van der Waals surface area (Å²) < 4.78 is 34.2. The maximum absolute atomic E-state index is 13.7. The maximum atomic E-state index is 13.7. The molecule has 138 valence electrons. The smallest absolute Gasteiger partial charge is 0.404 e. The highest BCUT2D eigenvalue weighted by molar-refractivity contribution is 7.91. The van der Waals surface area contributed by atoms with Crippen LogP contribution in [0.25, 0.3) is 0 Å². The number of ether oxygens (including phenoxy) is 1. The molecule has 0 aromatic heterocycles. The van der Waals surface area contributed by atoms with Gasteiger partial charge in [0.15, 0.2) is 0 Å². The van der Waals surface area contributed by atoms with Gasteiger partial charge in [-0.2, -0.15) is 0 Å². The molecule has 1 unspecified atom stereocenters. The maximum Gasteiger partial charge on any atom is 0.404 e. The average molecular weight is 369 g/mol. The van der Waals surface area contributed by atoms with Gasteiger partial charge in [0, 0.05) is 30.3 Å². The lowest BCUT2D eigenvalue weighted by Crippen LogP contribution is -2.26. The minimum atomic E-state index is -1.41. The summed E-state index contributed by atoms with van der Waals surface area (Å²) in [6.45, 7) is 7.18. The van der Waals surface area contributed by atoms with Crippen LogP contribution in [0.1, 0.15) is 32.8 Å². The Kier molecular flexibility index (Phi) is 6.29. The van der Waals surface area contributed by atoms with Crippen LogP contribution in [0.3, 0.4) is 0 Å². The van der Waals surface area contributed by atoms with E-state index in [1.165, 1.54) is 18.3 Å². The first kappa shape index (κ1) is 19.5. The van der Waals surface area contributed by atoms with Crippen LogP contribution in [0.15, 0.2) is 22.6 Å². The molecule has 1 aliphatic heterocycles. The largest absolute Gasteiger partial charge is 0.591 e. The molecule has 1 aromatic carbocycles. The second kappa shape index (κ2) is 8.05. The van der Waals surface area contributed by atoms with E-state index in [2.05, 4.69) is 9.30 Å². The molecule has 2 N–H and O–H groups in total. The zero-order valence-corrected chi connectivity index (χ0v) is 15.5. The van der Waals surface area contributed by atoms with Crippen molar-refractivity contribution in [2.75, 3.05) is 24.6 Å². The van der Waals surface area contributed by atoms with Crippen LogP contribution in [0, 0.1) is 11.7 Å². The van der Waals surface area contributed by atoms with Crippen molar-refractivity contribution in [3.8, 4) is 0 Å². The number of amides is 1. The number of anilines is 1. The van der Waals surface area contributed by atoms with Crippen molar-refractivity contribution < 1.29 is 18.5 Å². The number of primary amides is 1. The molecule has 0 radical (unpaired) electrons. The van der Waals surface area contributed by atoms with E-state index in [0.717, 1.165) is 18.7 Å². The third kappa shape index (κ3) is 5.61. The first-order valence-electron chi connectivity index (χ1n) is 8.09. The summed E-state index contributed by atoms with van der Waals surface area (Å²) in [5.74, 6) is -0.203. The minimum Gasteiger partial charge on any atom is -0.591 e. The molecule has 0 bridgehead atoms. The van der Waals surface area contributed by atoms with Crippen LogP contribution in [0.5, 0.6) is 0 Å². The predicted octanol–water partition coefficient (Wildman–Crippen LogP) is 2.63. The van der Waals surface area contributed by atoms with Crippen molar-refractivity contribution >= 4 is 29.4 Å². The lowest BCUT2D eigenvalue weighted by molar-refractivity contribution is 0.140. The van der Waals surface area contributed by atoms with E-state index in [9.17, 15) is 13.7 Å². The Bertz CT molecular complexity index is 649. The normalized spacial score (nSPS) is 19.4. The van der Waals surface area contributed by atoms with Crippen molar-refractivity contribution in [3.63, 3.8) is 0 Å². The molecule has 0 aliphatic carbocycles. The first-order chi connectivity index (χ1) is 11.7. The van der Waals surface area contributed by atoms with Crippen molar-refractivity contribution in [1.29, 1.82) is 0 Å². The molecular formula is C17H24FN3O3S. The Labute approximate surface area is 150 Å². The molecule has 1 saturated heterocycles. The first-order valence-corrected chi connectivity index (χ1v) is 9.20. The van der Waals surface area contributed by atoms with E-state index in [0.29, 0.717) is 12.1 Å².